The standard InChI is InChI=1S/C16H28NO6PS.2Na/c1-2-3-4-5-6-10-13-25(21,22)17-16(14-23-24(18,19)20)15-11-8-7-9-12-15;;/h7-9,11-12,16-17H,2-6,10,13-14H2,1H3,(H2,18,19,20);;/q;2*+1/p-2/t16-;;/m1../s1. The Kier molecular flexibility index (Phi) is 18.0. The molecule has 0 aliphatic rings. The van der Waals surface area contributed by atoms with Gasteiger partial charge in [0.2, 0.25) is 10.0 Å². The first kappa shape index (κ1) is 30.4. The number of phosphoric acid groups is 1. The van der Waals surface area contributed by atoms with E-state index in [4.69, 9.17) is 0 Å². The molecule has 1 aromatic rings. The molecule has 0 heterocycles. The molecule has 0 radical (unpaired) electrons. The van der Waals surface area contributed by atoms with Crippen molar-refractivity contribution in [1.82, 2.24) is 4.72 Å². The molecule has 0 aliphatic heterocycles. The van der Waals surface area contributed by atoms with Crippen molar-refractivity contribution in [2.45, 2.75) is 51.5 Å². The van der Waals surface area contributed by atoms with Gasteiger partial charge in [-0.15, -0.1) is 0 Å². The van der Waals surface area contributed by atoms with Crippen LogP contribution in [0.5, 0.6) is 0 Å². The second-order valence-electron chi connectivity index (χ2n) is 5.91. The molecule has 27 heavy (non-hydrogen) atoms. The fourth-order valence-corrected chi connectivity index (χ4v) is 4.07. The summed E-state index contributed by atoms with van der Waals surface area (Å²) in [6.07, 6.45) is 5.70. The average molecular weight is 437 g/mol. The number of phosphoric ester groups is 1. The zero-order valence-electron chi connectivity index (χ0n) is 16.4. The van der Waals surface area contributed by atoms with Gasteiger partial charge in [0.1, 0.15) is 0 Å². The number of hydrogen-bond acceptors (Lipinski definition) is 6. The molecule has 1 rings (SSSR count). The largest absolute Gasteiger partial charge is 1.00 e. The van der Waals surface area contributed by atoms with E-state index < -0.39 is 30.5 Å². The van der Waals surface area contributed by atoms with Crippen molar-refractivity contribution in [3.63, 3.8) is 0 Å². The van der Waals surface area contributed by atoms with Crippen molar-refractivity contribution in [2.75, 3.05) is 12.4 Å². The van der Waals surface area contributed by atoms with Crippen LogP contribution in [-0.2, 0) is 19.1 Å². The molecule has 0 bridgehead atoms. The average Bonchev–Trinajstić information content (AvgIpc) is 2.54. The van der Waals surface area contributed by atoms with Crippen molar-refractivity contribution >= 4 is 17.8 Å². The van der Waals surface area contributed by atoms with Gasteiger partial charge in [0.15, 0.2) is 0 Å². The van der Waals surface area contributed by atoms with E-state index in [1.54, 1.807) is 30.3 Å². The van der Waals surface area contributed by atoms with Crippen LogP contribution in [0.2, 0.25) is 0 Å². The summed E-state index contributed by atoms with van der Waals surface area (Å²) in [6, 6.07) is 7.49. The third-order valence-electron chi connectivity index (χ3n) is 3.69. The van der Waals surface area contributed by atoms with E-state index in [-0.39, 0.29) is 64.9 Å². The fourth-order valence-electron chi connectivity index (χ4n) is 2.40. The molecule has 1 atom stereocenters. The molecule has 1 N–H and O–H groups in total. The number of sulfonamides is 1. The van der Waals surface area contributed by atoms with Crippen LogP contribution in [0.4, 0.5) is 0 Å². The van der Waals surface area contributed by atoms with Crippen LogP contribution in [0, 0.1) is 0 Å². The second-order valence-corrected chi connectivity index (χ2v) is 8.94. The van der Waals surface area contributed by atoms with Gasteiger partial charge in [-0.25, -0.2) is 13.1 Å². The predicted octanol–water partition coefficient (Wildman–Crippen LogP) is -4.14. The van der Waals surface area contributed by atoms with Crippen molar-refractivity contribution in [3.8, 4) is 0 Å². The Morgan fingerprint density at radius 2 is 1.59 bits per heavy atom. The Balaban J connectivity index is 0. The molecule has 0 saturated heterocycles. The summed E-state index contributed by atoms with van der Waals surface area (Å²) in [5.41, 5.74) is 0.530. The van der Waals surface area contributed by atoms with Crippen molar-refractivity contribution in [1.29, 1.82) is 0 Å². The summed E-state index contributed by atoms with van der Waals surface area (Å²) in [5, 5.41) is 0. The molecule has 0 saturated carbocycles. The molecule has 0 unspecified atom stereocenters. The summed E-state index contributed by atoms with van der Waals surface area (Å²) < 4.78 is 41.9. The Hall–Kier alpha value is 1.24. The van der Waals surface area contributed by atoms with Crippen LogP contribution < -0.4 is 73.6 Å². The number of hydrogen-bond donors (Lipinski definition) is 1. The minimum atomic E-state index is -5.18. The topological polar surface area (TPSA) is 119 Å². The van der Waals surface area contributed by atoms with E-state index in [2.05, 4.69) is 16.2 Å². The SMILES string of the molecule is CCCCCCCCS(=O)(=O)N[C@H](COP(=O)([O-])[O-])c1ccccc1.[Na+].[Na+]. The van der Waals surface area contributed by atoms with Gasteiger partial charge in [0.25, 0.3) is 0 Å². The first-order valence-corrected chi connectivity index (χ1v) is 11.6. The molecule has 0 aromatic heterocycles. The second kappa shape index (κ2) is 16.0. The van der Waals surface area contributed by atoms with Crippen molar-refractivity contribution < 1.29 is 86.4 Å². The molecule has 7 nitrogen and oxygen atoms in total. The third-order valence-corrected chi connectivity index (χ3v) is 5.62. The van der Waals surface area contributed by atoms with Gasteiger partial charge in [-0.1, -0.05) is 69.4 Å². The van der Waals surface area contributed by atoms with Crippen molar-refractivity contribution in [2.24, 2.45) is 0 Å². The Bertz CT molecular complexity index is 642. The van der Waals surface area contributed by atoms with E-state index in [9.17, 15) is 22.8 Å². The number of benzene rings is 1. The molecular weight excluding hydrogens is 411 g/mol. The normalized spacial score (nSPS) is 12.7. The van der Waals surface area contributed by atoms with Gasteiger partial charge >= 0.3 is 59.1 Å². The Morgan fingerprint density at radius 3 is 2.15 bits per heavy atom. The summed E-state index contributed by atoms with van der Waals surface area (Å²) in [5.74, 6) is -0.0468. The van der Waals surface area contributed by atoms with Crippen LogP contribution >= 0.6 is 7.82 Å². The van der Waals surface area contributed by atoms with E-state index in [1.807, 2.05) is 0 Å². The zero-order chi connectivity index (χ0) is 18.8. The van der Waals surface area contributed by atoms with Gasteiger partial charge in [-0.3, -0.25) is 0 Å². The Morgan fingerprint density at radius 1 is 1.04 bits per heavy atom. The first-order chi connectivity index (χ1) is 11.7. The van der Waals surface area contributed by atoms with Crippen LogP contribution in [0.3, 0.4) is 0 Å². The molecule has 0 aliphatic carbocycles. The minimum absolute atomic E-state index is 0. The molecule has 0 spiro atoms. The molecule has 0 amide bonds. The van der Waals surface area contributed by atoms with E-state index in [0.29, 0.717) is 12.0 Å². The number of unbranched alkanes of at least 4 members (excludes halogenated alkanes) is 5. The van der Waals surface area contributed by atoms with Crippen LogP contribution in [-0.4, -0.2) is 20.8 Å². The van der Waals surface area contributed by atoms with E-state index in [1.165, 1.54) is 0 Å². The molecule has 144 valence electrons. The van der Waals surface area contributed by atoms with Crippen LogP contribution in [0.1, 0.15) is 57.1 Å². The zero-order valence-corrected chi connectivity index (χ0v) is 22.1. The first-order valence-electron chi connectivity index (χ1n) is 8.45. The predicted molar refractivity (Wildman–Crippen MR) is 93.0 cm³/mol. The number of rotatable bonds is 13. The number of nitrogens with one attached hydrogen (secondary N) is 1. The molecule has 1 aromatic carbocycles. The van der Waals surface area contributed by atoms with Crippen molar-refractivity contribution in [3.05, 3.63) is 35.9 Å². The maximum atomic E-state index is 12.2. The summed E-state index contributed by atoms with van der Waals surface area (Å²) in [6.45, 7) is 1.55. The third kappa shape index (κ3) is 15.7. The van der Waals surface area contributed by atoms with E-state index >= 15 is 0 Å². The quantitative estimate of drug-likeness (QED) is 0.190. The van der Waals surface area contributed by atoms with Gasteiger partial charge in [0, 0.05) is 0 Å². The van der Waals surface area contributed by atoms with E-state index in [0.717, 1.165) is 32.1 Å². The van der Waals surface area contributed by atoms with Crippen LogP contribution in [0.15, 0.2) is 30.3 Å². The van der Waals surface area contributed by atoms with Gasteiger partial charge in [-0.2, -0.15) is 0 Å². The minimum Gasteiger partial charge on any atom is -0.790 e. The van der Waals surface area contributed by atoms with Crippen LogP contribution in [0.25, 0.3) is 0 Å². The smallest absolute Gasteiger partial charge is 0.790 e. The summed E-state index contributed by atoms with van der Waals surface area (Å²) in [7, 11) is -8.79. The van der Waals surface area contributed by atoms with Gasteiger partial charge < -0.3 is 18.9 Å². The fraction of sp³-hybridized carbons (Fsp3) is 0.625. The van der Waals surface area contributed by atoms with Gasteiger partial charge in [-0.05, 0) is 12.0 Å². The van der Waals surface area contributed by atoms with Gasteiger partial charge in [0.05, 0.1) is 26.2 Å². The molecular formula is C16H26NNa2O6PS. The maximum absolute atomic E-state index is 12.2. The Labute approximate surface area is 206 Å². The maximum Gasteiger partial charge on any atom is 1.00 e. The molecule has 0 fully saturated rings. The summed E-state index contributed by atoms with van der Waals surface area (Å²) >= 11 is 0. The molecule has 11 heteroatoms. The monoisotopic (exact) mass is 437 g/mol. The summed E-state index contributed by atoms with van der Waals surface area (Å²) in [4.78, 5) is 21.4.